The van der Waals surface area contributed by atoms with E-state index in [9.17, 15) is 0 Å². The first-order valence-electron chi connectivity index (χ1n) is 9.44. The molecule has 2 N–H and O–H groups in total. The Kier molecular flexibility index (Phi) is 6.89. The topological polar surface area (TPSA) is 58.5 Å². The SMILES string of the molecule is CCNC(=NCc1ccccc1OCC1CC1)NCc1csc(CC)n1. The van der Waals surface area contributed by atoms with Crippen molar-refractivity contribution in [3.63, 3.8) is 0 Å². The Morgan fingerprint density at radius 2 is 2.12 bits per heavy atom. The Bertz CT molecular complexity index is 724. The summed E-state index contributed by atoms with van der Waals surface area (Å²) in [5.41, 5.74) is 2.18. The molecule has 6 heteroatoms. The van der Waals surface area contributed by atoms with Crippen molar-refractivity contribution in [2.45, 2.75) is 46.2 Å². The summed E-state index contributed by atoms with van der Waals surface area (Å²) in [5, 5.41) is 9.94. The van der Waals surface area contributed by atoms with Crippen LogP contribution in [0.3, 0.4) is 0 Å². The van der Waals surface area contributed by atoms with E-state index in [0.29, 0.717) is 13.1 Å². The van der Waals surface area contributed by atoms with E-state index < -0.39 is 0 Å². The van der Waals surface area contributed by atoms with E-state index in [2.05, 4.69) is 40.9 Å². The van der Waals surface area contributed by atoms with Gasteiger partial charge in [0.25, 0.3) is 0 Å². The third kappa shape index (κ3) is 5.73. The van der Waals surface area contributed by atoms with Crippen LogP contribution in [0.15, 0.2) is 34.6 Å². The fourth-order valence-corrected chi connectivity index (χ4v) is 3.28. The van der Waals surface area contributed by atoms with Crippen molar-refractivity contribution in [3.8, 4) is 5.75 Å². The van der Waals surface area contributed by atoms with Crippen LogP contribution in [0.5, 0.6) is 5.75 Å². The molecule has 1 saturated carbocycles. The number of hydrogen-bond donors (Lipinski definition) is 2. The summed E-state index contributed by atoms with van der Waals surface area (Å²) in [6, 6.07) is 8.18. The van der Waals surface area contributed by atoms with Crippen LogP contribution in [0, 0.1) is 5.92 Å². The van der Waals surface area contributed by atoms with E-state index >= 15 is 0 Å². The van der Waals surface area contributed by atoms with E-state index in [1.165, 1.54) is 17.8 Å². The molecule has 1 aromatic carbocycles. The third-order valence-electron chi connectivity index (χ3n) is 4.23. The maximum Gasteiger partial charge on any atom is 0.191 e. The molecule has 0 saturated heterocycles. The first kappa shape index (κ1) is 18.7. The molecule has 2 aromatic rings. The molecule has 1 aliphatic carbocycles. The van der Waals surface area contributed by atoms with Gasteiger partial charge >= 0.3 is 0 Å². The van der Waals surface area contributed by atoms with Crippen LogP contribution < -0.4 is 15.4 Å². The molecule has 0 amide bonds. The van der Waals surface area contributed by atoms with Gasteiger partial charge in [-0.05, 0) is 38.2 Å². The summed E-state index contributed by atoms with van der Waals surface area (Å²) < 4.78 is 5.98. The Hall–Kier alpha value is -2.08. The van der Waals surface area contributed by atoms with E-state index in [4.69, 9.17) is 9.73 Å². The number of aliphatic imine (C=N–C) groups is 1. The fourth-order valence-electron chi connectivity index (χ4n) is 2.54. The zero-order chi connectivity index (χ0) is 18.2. The number of rotatable bonds is 9. The van der Waals surface area contributed by atoms with Gasteiger partial charge in [-0.25, -0.2) is 9.98 Å². The molecule has 1 heterocycles. The van der Waals surface area contributed by atoms with E-state index in [1.54, 1.807) is 11.3 Å². The highest BCUT2D eigenvalue weighted by atomic mass is 32.1. The molecule has 0 bridgehead atoms. The van der Waals surface area contributed by atoms with Crippen LogP contribution in [0.4, 0.5) is 0 Å². The van der Waals surface area contributed by atoms with Gasteiger partial charge in [0.1, 0.15) is 5.75 Å². The van der Waals surface area contributed by atoms with Gasteiger partial charge in [-0.15, -0.1) is 11.3 Å². The number of nitrogens with zero attached hydrogens (tertiary/aromatic N) is 2. The number of ether oxygens (including phenoxy) is 1. The Morgan fingerprint density at radius 1 is 1.27 bits per heavy atom. The second-order valence-electron chi connectivity index (χ2n) is 6.50. The maximum atomic E-state index is 5.98. The number of aryl methyl sites for hydroxylation is 1. The summed E-state index contributed by atoms with van der Waals surface area (Å²) in [4.78, 5) is 9.31. The molecule has 0 aliphatic heterocycles. The number of aromatic nitrogens is 1. The van der Waals surface area contributed by atoms with E-state index in [0.717, 1.165) is 48.5 Å². The second kappa shape index (κ2) is 9.57. The Balaban J connectivity index is 1.59. The molecule has 1 aromatic heterocycles. The molecule has 0 atom stereocenters. The van der Waals surface area contributed by atoms with Crippen LogP contribution in [-0.2, 0) is 19.5 Å². The molecule has 5 nitrogen and oxygen atoms in total. The monoisotopic (exact) mass is 372 g/mol. The normalized spacial score (nSPS) is 14.3. The molecule has 140 valence electrons. The smallest absolute Gasteiger partial charge is 0.191 e. The molecular formula is C20H28N4OS. The van der Waals surface area contributed by atoms with Crippen molar-refractivity contribution in [1.29, 1.82) is 0 Å². The number of hydrogen-bond acceptors (Lipinski definition) is 4. The fraction of sp³-hybridized carbons (Fsp3) is 0.500. The van der Waals surface area contributed by atoms with Gasteiger partial charge < -0.3 is 15.4 Å². The maximum absolute atomic E-state index is 5.98. The largest absolute Gasteiger partial charge is 0.493 e. The van der Waals surface area contributed by atoms with Gasteiger partial charge in [0.2, 0.25) is 0 Å². The molecule has 3 rings (SSSR count). The lowest BCUT2D eigenvalue weighted by atomic mass is 10.2. The summed E-state index contributed by atoms with van der Waals surface area (Å²) >= 11 is 1.71. The van der Waals surface area contributed by atoms with Crippen LogP contribution in [0.1, 0.15) is 43.0 Å². The molecule has 0 unspecified atom stereocenters. The number of para-hydroxylation sites is 1. The minimum absolute atomic E-state index is 0.591. The molecule has 1 fully saturated rings. The third-order valence-corrected chi connectivity index (χ3v) is 5.28. The van der Waals surface area contributed by atoms with Gasteiger partial charge in [0.05, 0.1) is 30.4 Å². The van der Waals surface area contributed by atoms with Gasteiger partial charge in [0, 0.05) is 17.5 Å². The van der Waals surface area contributed by atoms with Crippen LogP contribution in [-0.4, -0.2) is 24.1 Å². The number of thiazole rings is 1. The molecule has 1 aliphatic rings. The van der Waals surface area contributed by atoms with Crippen molar-refractivity contribution >= 4 is 17.3 Å². The average Bonchev–Trinajstić information content (AvgIpc) is 3.39. The lowest BCUT2D eigenvalue weighted by molar-refractivity contribution is 0.297. The van der Waals surface area contributed by atoms with Crippen molar-refractivity contribution < 1.29 is 4.74 Å². The summed E-state index contributed by atoms with van der Waals surface area (Å²) in [7, 11) is 0. The quantitative estimate of drug-likeness (QED) is 0.520. The van der Waals surface area contributed by atoms with Crippen LogP contribution in [0.25, 0.3) is 0 Å². The average molecular weight is 373 g/mol. The predicted octanol–water partition coefficient (Wildman–Crippen LogP) is 3.75. The second-order valence-corrected chi connectivity index (χ2v) is 7.44. The number of benzene rings is 1. The predicted molar refractivity (Wildman–Crippen MR) is 108 cm³/mol. The van der Waals surface area contributed by atoms with Crippen LogP contribution >= 0.6 is 11.3 Å². The van der Waals surface area contributed by atoms with Crippen molar-refractivity contribution in [3.05, 3.63) is 45.9 Å². The van der Waals surface area contributed by atoms with Gasteiger partial charge in [-0.2, -0.15) is 0 Å². The van der Waals surface area contributed by atoms with E-state index in [1.807, 2.05) is 18.2 Å². The number of nitrogens with one attached hydrogen (secondary N) is 2. The lowest BCUT2D eigenvalue weighted by Gasteiger charge is -2.12. The highest BCUT2D eigenvalue weighted by Gasteiger charge is 2.22. The van der Waals surface area contributed by atoms with E-state index in [-0.39, 0.29) is 0 Å². The van der Waals surface area contributed by atoms with Crippen molar-refractivity contribution in [1.82, 2.24) is 15.6 Å². The molecular weight excluding hydrogens is 344 g/mol. The molecule has 0 radical (unpaired) electrons. The zero-order valence-electron chi connectivity index (χ0n) is 15.6. The lowest BCUT2D eigenvalue weighted by Crippen LogP contribution is -2.36. The summed E-state index contributed by atoms with van der Waals surface area (Å²) in [5.74, 6) is 2.50. The zero-order valence-corrected chi connectivity index (χ0v) is 16.4. The standard InChI is InChI=1S/C20H28N4OS/c1-3-19-24-17(14-26-19)12-23-20(21-4-2)22-11-16-7-5-6-8-18(16)25-13-15-9-10-15/h5-8,14-15H,3-4,9-13H2,1-2H3,(H2,21,22,23). The minimum Gasteiger partial charge on any atom is -0.493 e. The summed E-state index contributed by atoms with van der Waals surface area (Å²) in [6.07, 6.45) is 3.58. The highest BCUT2D eigenvalue weighted by molar-refractivity contribution is 7.09. The van der Waals surface area contributed by atoms with Gasteiger partial charge in [-0.3, -0.25) is 0 Å². The van der Waals surface area contributed by atoms with Crippen molar-refractivity contribution in [2.24, 2.45) is 10.9 Å². The minimum atomic E-state index is 0.591. The Labute approximate surface area is 159 Å². The highest BCUT2D eigenvalue weighted by Crippen LogP contribution is 2.30. The first-order chi connectivity index (χ1) is 12.8. The van der Waals surface area contributed by atoms with Crippen molar-refractivity contribution in [2.75, 3.05) is 13.2 Å². The Morgan fingerprint density at radius 3 is 2.85 bits per heavy atom. The summed E-state index contributed by atoms with van der Waals surface area (Å²) in [6.45, 7) is 7.12. The van der Waals surface area contributed by atoms with Crippen LogP contribution in [0.2, 0.25) is 0 Å². The van der Waals surface area contributed by atoms with Gasteiger partial charge in [0.15, 0.2) is 5.96 Å². The molecule has 26 heavy (non-hydrogen) atoms. The van der Waals surface area contributed by atoms with Gasteiger partial charge in [-0.1, -0.05) is 25.1 Å². The first-order valence-corrected chi connectivity index (χ1v) is 10.3. The number of guanidine groups is 1. The molecule has 0 spiro atoms.